The van der Waals surface area contributed by atoms with Gasteiger partial charge in [0, 0.05) is 62.1 Å². The van der Waals surface area contributed by atoms with Crippen molar-refractivity contribution in [3.8, 4) is 11.4 Å². The summed E-state index contributed by atoms with van der Waals surface area (Å²) in [5, 5.41) is 1.80. The van der Waals surface area contributed by atoms with Crippen LogP contribution in [0.4, 0.5) is 10.2 Å². The molecule has 2 saturated heterocycles. The molecule has 2 fully saturated rings. The summed E-state index contributed by atoms with van der Waals surface area (Å²) in [6, 6.07) is 5.09. The number of ether oxygens (including phenoxy) is 1. The van der Waals surface area contributed by atoms with Crippen LogP contribution in [0, 0.1) is 5.82 Å². The lowest BCUT2D eigenvalue weighted by molar-refractivity contribution is 0.122. The molecule has 0 spiro atoms. The molecule has 1 aromatic carbocycles. The van der Waals surface area contributed by atoms with Gasteiger partial charge in [-0.15, -0.1) is 11.3 Å². The van der Waals surface area contributed by atoms with E-state index in [9.17, 15) is 0 Å². The van der Waals surface area contributed by atoms with Gasteiger partial charge in [-0.1, -0.05) is 6.08 Å². The Bertz CT molecular complexity index is 1440. The number of piperazine rings is 1. The molecule has 0 atom stereocenters. The van der Waals surface area contributed by atoms with E-state index in [2.05, 4.69) is 25.8 Å². The summed E-state index contributed by atoms with van der Waals surface area (Å²) in [5.41, 5.74) is 3.35. The van der Waals surface area contributed by atoms with Gasteiger partial charge in [-0.25, -0.2) is 19.3 Å². The molecular formula is C25H26FN7OS. The average molecular weight is 492 g/mol. The Morgan fingerprint density at radius 1 is 1.00 bits per heavy atom. The topological polar surface area (TPSA) is 73.4 Å². The predicted molar refractivity (Wildman–Crippen MR) is 135 cm³/mol. The van der Waals surface area contributed by atoms with Crippen LogP contribution in [-0.2, 0) is 11.3 Å². The highest BCUT2D eigenvalue weighted by Crippen LogP contribution is 2.36. The number of nitrogens with one attached hydrogen (secondary N) is 1. The van der Waals surface area contributed by atoms with Crippen LogP contribution in [0.5, 0.6) is 0 Å². The number of benzene rings is 1. The monoisotopic (exact) mass is 491 g/mol. The van der Waals surface area contributed by atoms with Crippen molar-refractivity contribution in [1.29, 1.82) is 0 Å². The number of anilines is 1. The van der Waals surface area contributed by atoms with E-state index in [1.54, 1.807) is 17.4 Å². The van der Waals surface area contributed by atoms with Gasteiger partial charge in [0.15, 0.2) is 17.3 Å². The van der Waals surface area contributed by atoms with E-state index in [4.69, 9.17) is 19.7 Å². The Morgan fingerprint density at radius 2 is 1.91 bits per heavy atom. The predicted octanol–water partition coefficient (Wildman–Crippen LogP) is 3.62. The highest BCUT2D eigenvalue weighted by atomic mass is 32.1. The summed E-state index contributed by atoms with van der Waals surface area (Å²) in [6.07, 6.45) is 5.32. The molecule has 10 heteroatoms. The van der Waals surface area contributed by atoms with Gasteiger partial charge in [0.05, 0.1) is 25.3 Å². The maximum Gasteiger partial charge on any atom is 0.176 e. The van der Waals surface area contributed by atoms with E-state index in [0.29, 0.717) is 30.2 Å². The molecular weight excluding hydrogens is 465 g/mol. The van der Waals surface area contributed by atoms with Gasteiger partial charge in [0.25, 0.3) is 0 Å². The third-order valence-corrected chi connectivity index (χ3v) is 8.14. The second-order valence-electron chi connectivity index (χ2n) is 9.27. The molecule has 3 aliphatic rings. The quantitative estimate of drug-likeness (QED) is 0.468. The summed E-state index contributed by atoms with van der Waals surface area (Å²) in [5.74, 6) is 0.873. The number of hydrogen-bond donors (Lipinski definition) is 1. The normalized spacial score (nSPS) is 19.1. The van der Waals surface area contributed by atoms with Crippen molar-refractivity contribution in [3.63, 3.8) is 0 Å². The molecule has 8 nitrogen and oxygen atoms in total. The number of rotatable bonds is 4. The molecule has 0 bridgehead atoms. The average Bonchev–Trinajstić information content (AvgIpc) is 3.63. The number of hydrogen-bond acceptors (Lipinski definition) is 8. The van der Waals surface area contributed by atoms with E-state index in [1.165, 1.54) is 11.8 Å². The molecule has 0 aliphatic carbocycles. The third-order valence-electron chi connectivity index (χ3n) is 7.11. The number of morpholine rings is 1. The molecule has 180 valence electrons. The van der Waals surface area contributed by atoms with Crippen LogP contribution in [0.1, 0.15) is 11.4 Å². The molecule has 35 heavy (non-hydrogen) atoms. The van der Waals surface area contributed by atoms with Gasteiger partial charge < -0.3 is 19.5 Å². The van der Waals surface area contributed by atoms with Crippen LogP contribution in [0.3, 0.4) is 0 Å². The lowest BCUT2D eigenvalue weighted by Crippen LogP contribution is -2.42. The number of halogens is 1. The summed E-state index contributed by atoms with van der Waals surface area (Å²) in [4.78, 5) is 25.0. The van der Waals surface area contributed by atoms with Crippen molar-refractivity contribution in [1.82, 2.24) is 29.7 Å². The number of aromatic nitrogens is 4. The molecule has 0 amide bonds. The first-order valence-corrected chi connectivity index (χ1v) is 13.0. The van der Waals surface area contributed by atoms with Crippen molar-refractivity contribution in [3.05, 3.63) is 47.0 Å². The van der Waals surface area contributed by atoms with Crippen LogP contribution in [-0.4, -0.2) is 82.2 Å². The van der Waals surface area contributed by atoms with Gasteiger partial charge in [-0.2, -0.15) is 0 Å². The standard InChI is InChI=1S/C25H26FN7OS/c26-18-3-4-19-17(5-6-27-19)21(18)23-29-24-22(25(30-23)33-10-12-34-13-11-33)35-20(28-24)15-31-8-9-32-7-1-2-16(32)14-31/h2-6,27H,1,7-15H2. The largest absolute Gasteiger partial charge is 0.378 e. The maximum absolute atomic E-state index is 15.1. The first-order chi connectivity index (χ1) is 17.2. The fourth-order valence-corrected chi connectivity index (χ4v) is 6.40. The SMILES string of the molecule is Fc1ccc2[nH]ccc2c1-c1nc(N2CCOCC2)c2sc(CN3CCN4CCC=C4C3)nc2n1. The minimum atomic E-state index is -0.331. The Morgan fingerprint density at radius 3 is 2.83 bits per heavy atom. The van der Waals surface area contributed by atoms with Gasteiger partial charge in [0.2, 0.25) is 0 Å². The zero-order chi connectivity index (χ0) is 23.4. The smallest absolute Gasteiger partial charge is 0.176 e. The molecule has 3 aliphatic heterocycles. The van der Waals surface area contributed by atoms with E-state index in [0.717, 1.165) is 78.7 Å². The first kappa shape index (κ1) is 21.2. The van der Waals surface area contributed by atoms with Crippen LogP contribution in [0.25, 0.3) is 32.6 Å². The molecule has 6 heterocycles. The molecule has 0 unspecified atom stereocenters. The minimum Gasteiger partial charge on any atom is -0.378 e. The van der Waals surface area contributed by atoms with Crippen LogP contribution < -0.4 is 4.90 Å². The third kappa shape index (κ3) is 3.76. The zero-order valence-electron chi connectivity index (χ0n) is 19.3. The van der Waals surface area contributed by atoms with Crippen molar-refractivity contribution in [2.75, 3.05) is 57.4 Å². The van der Waals surface area contributed by atoms with Crippen LogP contribution in [0.2, 0.25) is 0 Å². The Labute approximate surface area is 206 Å². The fourth-order valence-electron chi connectivity index (χ4n) is 5.33. The second-order valence-corrected chi connectivity index (χ2v) is 10.4. The van der Waals surface area contributed by atoms with Gasteiger partial charge in [-0.3, -0.25) is 4.90 Å². The number of fused-ring (bicyclic) bond motifs is 3. The molecule has 3 aromatic heterocycles. The summed E-state index contributed by atoms with van der Waals surface area (Å²) < 4.78 is 21.7. The first-order valence-electron chi connectivity index (χ1n) is 12.2. The number of H-pyrrole nitrogens is 1. The van der Waals surface area contributed by atoms with E-state index < -0.39 is 0 Å². The van der Waals surface area contributed by atoms with E-state index in [-0.39, 0.29) is 5.82 Å². The van der Waals surface area contributed by atoms with Crippen molar-refractivity contribution in [2.45, 2.75) is 13.0 Å². The summed E-state index contributed by atoms with van der Waals surface area (Å²) >= 11 is 1.66. The second kappa shape index (κ2) is 8.54. The number of thiazole rings is 1. The molecule has 4 aromatic rings. The van der Waals surface area contributed by atoms with Gasteiger partial charge >= 0.3 is 0 Å². The van der Waals surface area contributed by atoms with Crippen molar-refractivity contribution >= 4 is 38.4 Å². The molecule has 7 rings (SSSR count). The number of nitrogens with zero attached hydrogens (tertiary/aromatic N) is 6. The van der Waals surface area contributed by atoms with Crippen LogP contribution >= 0.6 is 11.3 Å². The van der Waals surface area contributed by atoms with E-state index in [1.807, 2.05) is 12.3 Å². The minimum absolute atomic E-state index is 0.331. The molecule has 0 saturated carbocycles. The lowest BCUT2D eigenvalue weighted by atomic mass is 10.1. The van der Waals surface area contributed by atoms with Crippen molar-refractivity contribution in [2.24, 2.45) is 0 Å². The Balaban J connectivity index is 1.31. The lowest BCUT2D eigenvalue weighted by Gasteiger charge is -2.35. The Kier molecular flexibility index (Phi) is 5.18. The highest BCUT2D eigenvalue weighted by Gasteiger charge is 2.26. The highest BCUT2D eigenvalue weighted by molar-refractivity contribution is 7.19. The van der Waals surface area contributed by atoms with Crippen molar-refractivity contribution < 1.29 is 9.13 Å². The summed E-state index contributed by atoms with van der Waals surface area (Å²) in [7, 11) is 0. The van der Waals surface area contributed by atoms with Gasteiger partial charge in [-0.05, 0) is 24.6 Å². The maximum atomic E-state index is 15.1. The summed E-state index contributed by atoms with van der Waals surface area (Å²) in [6.45, 7) is 7.77. The van der Waals surface area contributed by atoms with Gasteiger partial charge in [0.1, 0.15) is 15.5 Å². The molecule has 1 N–H and O–H groups in total. The molecule has 0 radical (unpaired) electrons. The Hall–Kier alpha value is -3.08. The van der Waals surface area contributed by atoms with E-state index >= 15 is 4.39 Å². The van der Waals surface area contributed by atoms with Crippen LogP contribution in [0.15, 0.2) is 36.2 Å². The zero-order valence-corrected chi connectivity index (χ0v) is 20.2. The number of aromatic amines is 1. The fraction of sp³-hybridized carbons (Fsp3) is 0.400.